The van der Waals surface area contributed by atoms with Crippen LogP contribution in [0.5, 0.6) is 5.75 Å². The first-order valence-electron chi connectivity index (χ1n) is 6.42. The quantitative estimate of drug-likeness (QED) is 0.704. The second-order valence-corrected chi connectivity index (χ2v) is 4.82. The Hall–Kier alpha value is -2.79. The summed E-state index contributed by atoms with van der Waals surface area (Å²) in [7, 11) is 0. The summed E-state index contributed by atoms with van der Waals surface area (Å²) in [5.74, 6) is 0.0228. The van der Waals surface area contributed by atoms with E-state index >= 15 is 0 Å². The number of benzene rings is 3. The molecule has 2 nitrogen and oxygen atoms in total. The van der Waals surface area contributed by atoms with Gasteiger partial charge >= 0.3 is 0 Å². The summed E-state index contributed by atoms with van der Waals surface area (Å²) in [6, 6.07) is 19.5. The van der Waals surface area contributed by atoms with Crippen molar-refractivity contribution < 1.29 is 5.11 Å². The molecule has 0 spiro atoms. The predicted molar refractivity (Wildman–Crippen MR) is 80.5 cm³/mol. The number of nitriles is 1. The molecule has 0 aliphatic rings. The minimum Gasteiger partial charge on any atom is -0.507 e. The fourth-order valence-electron chi connectivity index (χ4n) is 2.50. The summed E-state index contributed by atoms with van der Waals surface area (Å²) in [5, 5.41) is 21.1. The van der Waals surface area contributed by atoms with Gasteiger partial charge in [-0.05, 0) is 46.5 Å². The number of hydrogen-bond donors (Lipinski definition) is 1. The Bertz CT molecular complexity index is 844. The largest absolute Gasteiger partial charge is 0.507 e. The first-order valence-corrected chi connectivity index (χ1v) is 6.42. The Kier molecular flexibility index (Phi) is 2.89. The molecule has 96 valence electrons. The third-order valence-corrected chi connectivity index (χ3v) is 3.57. The maximum absolute atomic E-state index is 9.86. The van der Waals surface area contributed by atoms with Gasteiger partial charge in [-0.1, -0.05) is 42.5 Å². The van der Waals surface area contributed by atoms with Crippen molar-refractivity contribution in [2.75, 3.05) is 0 Å². The summed E-state index contributed by atoms with van der Waals surface area (Å²) in [6.07, 6.45) is 0. The third-order valence-electron chi connectivity index (χ3n) is 3.57. The fourth-order valence-corrected chi connectivity index (χ4v) is 2.50. The van der Waals surface area contributed by atoms with Crippen LogP contribution < -0.4 is 0 Å². The zero-order valence-corrected chi connectivity index (χ0v) is 11.1. The highest BCUT2D eigenvalue weighted by atomic mass is 16.3. The standard InChI is InChI=1S/C18H13NO/c1-12-6-9-16(17-5-3-2-4-15(12)17)13-7-8-14(11-19)18(20)10-13/h2-10,20H,1H3. The van der Waals surface area contributed by atoms with E-state index in [0.717, 1.165) is 16.5 Å². The highest BCUT2D eigenvalue weighted by Crippen LogP contribution is 2.33. The molecular weight excluding hydrogens is 246 g/mol. The maximum Gasteiger partial charge on any atom is 0.133 e. The molecule has 0 aromatic heterocycles. The van der Waals surface area contributed by atoms with E-state index in [1.165, 1.54) is 10.9 Å². The van der Waals surface area contributed by atoms with Gasteiger partial charge in [-0.15, -0.1) is 0 Å². The van der Waals surface area contributed by atoms with Crippen LogP contribution in [-0.4, -0.2) is 5.11 Å². The lowest BCUT2D eigenvalue weighted by atomic mass is 9.95. The molecule has 0 amide bonds. The molecule has 3 aromatic carbocycles. The second kappa shape index (κ2) is 4.71. The lowest BCUT2D eigenvalue weighted by Gasteiger charge is -2.10. The zero-order valence-electron chi connectivity index (χ0n) is 11.1. The van der Waals surface area contributed by atoms with E-state index in [4.69, 9.17) is 5.26 Å². The molecule has 0 aliphatic heterocycles. The lowest BCUT2D eigenvalue weighted by molar-refractivity contribution is 0.474. The summed E-state index contributed by atoms with van der Waals surface area (Å²) in [5.41, 5.74) is 3.50. The van der Waals surface area contributed by atoms with Crippen molar-refractivity contribution >= 4 is 10.8 Å². The predicted octanol–water partition coefficient (Wildman–Crippen LogP) is 4.39. The summed E-state index contributed by atoms with van der Waals surface area (Å²) >= 11 is 0. The molecule has 0 saturated carbocycles. The van der Waals surface area contributed by atoms with Gasteiger partial charge in [0.25, 0.3) is 0 Å². The number of aryl methyl sites for hydroxylation is 1. The van der Waals surface area contributed by atoms with Gasteiger partial charge in [0.2, 0.25) is 0 Å². The van der Waals surface area contributed by atoms with Crippen LogP contribution in [0.2, 0.25) is 0 Å². The van der Waals surface area contributed by atoms with E-state index in [1.807, 2.05) is 24.3 Å². The molecule has 20 heavy (non-hydrogen) atoms. The van der Waals surface area contributed by atoms with Gasteiger partial charge in [0.05, 0.1) is 5.56 Å². The van der Waals surface area contributed by atoms with Gasteiger partial charge in [-0.3, -0.25) is 0 Å². The zero-order chi connectivity index (χ0) is 14.1. The molecule has 0 unspecified atom stereocenters. The van der Waals surface area contributed by atoms with Crippen LogP contribution in [0.1, 0.15) is 11.1 Å². The van der Waals surface area contributed by atoms with Crippen molar-refractivity contribution in [3.8, 4) is 22.9 Å². The highest BCUT2D eigenvalue weighted by Gasteiger charge is 2.08. The van der Waals surface area contributed by atoms with Crippen LogP contribution in [0, 0.1) is 18.3 Å². The number of rotatable bonds is 1. The Balaban J connectivity index is 2.28. The lowest BCUT2D eigenvalue weighted by Crippen LogP contribution is -1.85. The molecule has 0 aliphatic carbocycles. The summed E-state index contributed by atoms with van der Waals surface area (Å²) < 4.78 is 0. The summed E-state index contributed by atoms with van der Waals surface area (Å²) in [6.45, 7) is 2.09. The van der Waals surface area contributed by atoms with Crippen LogP contribution in [0.4, 0.5) is 0 Å². The van der Waals surface area contributed by atoms with Crippen molar-refractivity contribution in [1.82, 2.24) is 0 Å². The van der Waals surface area contributed by atoms with Crippen molar-refractivity contribution in [2.45, 2.75) is 6.92 Å². The summed E-state index contributed by atoms with van der Waals surface area (Å²) in [4.78, 5) is 0. The maximum atomic E-state index is 9.86. The number of nitrogens with zero attached hydrogens (tertiary/aromatic N) is 1. The van der Waals surface area contributed by atoms with Crippen LogP contribution in [-0.2, 0) is 0 Å². The minimum atomic E-state index is 0.0228. The average molecular weight is 259 g/mol. The topological polar surface area (TPSA) is 44.0 Å². The Morgan fingerprint density at radius 2 is 1.70 bits per heavy atom. The van der Waals surface area contributed by atoms with Gasteiger partial charge in [0, 0.05) is 0 Å². The van der Waals surface area contributed by atoms with Crippen molar-refractivity contribution in [3.05, 3.63) is 65.7 Å². The van der Waals surface area contributed by atoms with Gasteiger partial charge in [-0.2, -0.15) is 5.26 Å². The minimum absolute atomic E-state index is 0.0228. The van der Waals surface area contributed by atoms with Gasteiger partial charge < -0.3 is 5.11 Å². The normalized spacial score (nSPS) is 10.4. The monoisotopic (exact) mass is 259 g/mol. The average Bonchev–Trinajstić information content (AvgIpc) is 2.48. The first-order chi connectivity index (χ1) is 9.70. The van der Waals surface area contributed by atoms with Crippen LogP contribution in [0.25, 0.3) is 21.9 Å². The SMILES string of the molecule is Cc1ccc(-c2ccc(C#N)c(O)c2)c2ccccc12. The molecule has 0 atom stereocenters. The molecule has 2 heteroatoms. The first kappa shape index (κ1) is 12.3. The van der Waals surface area contributed by atoms with Crippen molar-refractivity contribution in [3.63, 3.8) is 0 Å². The van der Waals surface area contributed by atoms with Gasteiger partial charge in [-0.25, -0.2) is 0 Å². The molecule has 0 radical (unpaired) electrons. The van der Waals surface area contributed by atoms with Crippen molar-refractivity contribution in [1.29, 1.82) is 5.26 Å². The molecule has 0 fully saturated rings. The van der Waals surface area contributed by atoms with Gasteiger partial charge in [0.1, 0.15) is 11.8 Å². The Morgan fingerprint density at radius 1 is 0.950 bits per heavy atom. The molecular formula is C18H13NO. The third kappa shape index (κ3) is 1.90. The number of phenols is 1. The van der Waals surface area contributed by atoms with Gasteiger partial charge in [0.15, 0.2) is 0 Å². The Morgan fingerprint density at radius 3 is 2.40 bits per heavy atom. The molecule has 3 aromatic rings. The smallest absolute Gasteiger partial charge is 0.133 e. The number of fused-ring (bicyclic) bond motifs is 1. The van der Waals surface area contributed by atoms with E-state index < -0.39 is 0 Å². The number of hydrogen-bond acceptors (Lipinski definition) is 2. The van der Waals surface area contributed by atoms with E-state index in [2.05, 4.69) is 31.2 Å². The highest BCUT2D eigenvalue weighted by molar-refractivity contribution is 5.98. The fraction of sp³-hybridized carbons (Fsp3) is 0.0556. The van der Waals surface area contributed by atoms with E-state index in [-0.39, 0.29) is 5.75 Å². The van der Waals surface area contributed by atoms with E-state index in [0.29, 0.717) is 5.56 Å². The molecule has 3 rings (SSSR count). The molecule has 0 bridgehead atoms. The number of phenolic OH excluding ortho intramolecular Hbond substituents is 1. The van der Waals surface area contributed by atoms with E-state index in [9.17, 15) is 5.11 Å². The molecule has 0 heterocycles. The Labute approximate surface area is 117 Å². The van der Waals surface area contributed by atoms with Crippen LogP contribution in [0.3, 0.4) is 0 Å². The van der Waals surface area contributed by atoms with Crippen molar-refractivity contribution in [2.24, 2.45) is 0 Å². The molecule has 1 N–H and O–H groups in total. The second-order valence-electron chi connectivity index (χ2n) is 4.82. The van der Waals surface area contributed by atoms with Crippen LogP contribution >= 0.6 is 0 Å². The number of aromatic hydroxyl groups is 1. The van der Waals surface area contributed by atoms with Crippen LogP contribution in [0.15, 0.2) is 54.6 Å². The van der Waals surface area contributed by atoms with E-state index in [1.54, 1.807) is 12.1 Å². The molecule has 0 saturated heterocycles.